The van der Waals surface area contributed by atoms with E-state index in [9.17, 15) is 18.0 Å². The van der Waals surface area contributed by atoms with E-state index in [0.29, 0.717) is 4.52 Å². The second-order valence-corrected chi connectivity index (χ2v) is 3.23. The molecule has 0 aliphatic rings. The van der Waals surface area contributed by atoms with Crippen molar-refractivity contribution in [2.24, 2.45) is 0 Å². The Morgan fingerprint density at radius 2 is 2.11 bits per heavy atom. The van der Waals surface area contributed by atoms with Gasteiger partial charge in [-0.05, 0) is 19.1 Å². The Morgan fingerprint density at radius 3 is 2.72 bits per heavy atom. The molecule has 6 nitrogen and oxygen atoms in total. The van der Waals surface area contributed by atoms with Crippen LogP contribution in [0.5, 0.6) is 0 Å². The highest BCUT2D eigenvalue weighted by atomic mass is 19.4. The van der Waals surface area contributed by atoms with Crippen molar-refractivity contribution in [3.63, 3.8) is 0 Å². The van der Waals surface area contributed by atoms with Crippen LogP contribution in [0.2, 0.25) is 0 Å². The molecule has 0 fully saturated rings. The summed E-state index contributed by atoms with van der Waals surface area (Å²) in [4.78, 5) is 11.4. The third kappa shape index (κ3) is 2.11. The lowest BCUT2D eigenvalue weighted by molar-refractivity contribution is -0.141. The number of nitrogens with zero attached hydrogens (tertiary/aromatic N) is 4. The molecule has 0 amide bonds. The van der Waals surface area contributed by atoms with Gasteiger partial charge < -0.3 is 4.74 Å². The lowest BCUT2D eigenvalue weighted by atomic mass is 10.4. The number of carbonyl (C=O) groups is 1. The fourth-order valence-corrected chi connectivity index (χ4v) is 1.26. The number of rotatable bonds is 2. The van der Waals surface area contributed by atoms with E-state index in [-0.39, 0.29) is 12.3 Å². The Bertz CT molecular complexity index is 593. The second kappa shape index (κ2) is 4.24. The van der Waals surface area contributed by atoms with Crippen LogP contribution >= 0.6 is 0 Å². The van der Waals surface area contributed by atoms with Crippen molar-refractivity contribution in [3.05, 3.63) is 23.7 Å². The quantitative estimate of drug-likeness (QED) is 0.761. The van der Waals surface area contributed by atoms with Crippen LogP contribution in [-0.4, -0.2) is 32.4 Å². The van der Waals surface area contributed by atoms with Crippen molar-refractivity contribution in [2.75, 3.05) is 6.61 Å². The highest BCUT2D eigenvalue weighted by Crippen LogP contribution is 2.27. The predicted octanol–water partition coefficient (Wildman–Crippen LogP) is 1.32. The fourth-order valence-electron chi connectivity index (χ4n) is 1.26. The van der Waals surface area contributed by atoms with Crippen LogP contribution in [0.15, 0.2) is 12.1 Å². The maximum absolute atomic E-state index is 12.5. The molecular weight excluding hydrogens is 253 g/mol. The average molecular weight is 260 g/mol. The average Bonchev–Trinajstić information content (AvgIpc) is 2.70. The minimum Gasteiger partial charge on any atom is -0.460 e. The smallest absolute Gasteiger partial charge is 0.435 e. The number of hydrogen-bond acceptors (Lipinski definition) is 5. The minimum absolute atomic E-state index is 0.0334. The molecule has 2 heterocycles. The molecule has 0 radical (unpaired) electrons. The molecule has 2 aromatic heterocycles. The number of aromatic nitrogens is 4. The summed E-state index contributed by atoms with van der Waals surface area (Å²) in [6.07, 6.45) is -4.61. The minimum atomic E-state index is -4.61. The van der Waals surface area contributed by atoms with Crippen LogP contribution in [0, 0.1) is 0 Å². The Morgan fingerprint density at radius 1 is 1.39 bits per heavy atom. The Labute approximate surface area is 98.4 Å². The van der Waals surface area contributed by atoms with Crippen molar-refractivity contribution in [1.82, 2.24) is 19.8 Å². The largest absolute Gasteiger partial charge is 0.460 e. The van der Waals surface area contributed by atoms with E-state index in [1.54, 1.807) is 6.92 Å². The Hall–Kier alpha value is -2.19. The molecule has 18 heavy (non-hydrogen) atoms. The summed E-state index contributed by atoms with van der Waals surface area (Å²) in [5, 5.41) is 10.2. The first kappa shape index (κ1) is 12.3. The molecular formula is C9H7F3N4O2. The molecule has 9 heteroatoms. The standard InChI is InChI=1S/C9H7F3N4O2/c1-2-18-8(17)7-14-13-6-4-3-5(9(10,11)12)15-16(6)7/h3-4H,2H2,1H3. The van der Waals surface area contributed by atoms with Gasteiger partial charge in [-0.2, -0.15) is 22.8 Å². The van der Waals surface area contributed by atoms with Crippen LogP contribution in [0.1, 0.15) is 23.2 Å². The first-order chi connectivity index (χ1) is 8.43. The van der Waals surface area contributed by atoms with E-state index in [1.807, 2.05) is 0 Å². The van der Waals surface area contributed by atoms with Crippen molar-refractivity contribution in [3.8, 4) is 0 Å². The number of esters is 1. The molecule has 0 saturated heterocycles. The third-order valence-corrected chi connectivity index (χ3v) is 2.01. The van der Waals surface area contributed by atoms with Gasteiger partial charge in [-0.1, -0.05) is 0 Å². The van der Waals surface area contributed by atoms with Gasteiger partial charge in [0.2, 0.25) is 0 Å². The van der Waals surface area contributed by atoms with Crippen molar-refractivity contribution in [1.29, 1.82) is 0 Å². The van der Waals surface area contributed by atoms with Gasteiger partial charge >= 0.3 is 12.1 Å². The van der Waals surface area contributed by atoms with Crippen molar-refractivity contribution >= 4 is 11.6 Å². The zero-order chi connectivity index (χ0) is 13.3. The van der Waals surface area contributed by atoms with Crippen molar-refractivity contribution < 1.29 is 22.7 Å². The number of carbonyl (C=O) groups excluding carboxylic acids is 1. The molecule has 0 spiro atoms. The normalized spacial score (nSPS) is 11.8. The zero-order valence-electron chi connectivity index (χ0n) is 9.10. The van der Waals surface area contributed by atoms with Gasteiger partial charge in [-0.15, -0.1) is 10.2 Å². The lowest BCUT2D eigenvalue weighted by Crippen LogP contribution is -2.15. The lowest BCUT2D eigenvalue weighted by Gasteiger charge is -2.05. The molecule has 0 aromatic carbocycles. The summed E-state index contributed by atoms with van der Waals surface area (Å²) in [6, 6.07) is 1.84. The van der Waals surface area contributed by atoms with E-state index in [0.717, 1.165) is 12.1 Å². The SMILES string of the molecule is CCOC(=O)c1nnc2ccc(C(F)(F)F)nn12. The van der Waals surface area contributed by atoms with Crippen LogP contribution in [-0.2, 0) is 10.9 Å². The first-order valence-electron chi connectivity index (χ1n) is 4.90. The molecule has 0 atom stereocenters. The summed E-state index contributed by atoms with van der Waals surface area (Å²) in [5.74, 6) is -1.27. The van der Waals surface area contributed by atoms with Gasteiger partial charge in [0.1, 0.15) is 0 Å². The number of fused-ring (bicyclic) bond motifs is 1. The highest BCUT2D eigenvalue weighted by Gasteiger charge is 2.33. The predicted molar refractivity (Wildman–Crippen MR) is 51.7 cm³/mol. The van der Waals surface area contributed by atoms with E-state index in [2.05, 4.69) is 20.0 Å². The second-order valence-electron chi connectivity index (χ2n) is 3.23. The summed E-state index contributed by atoms with van der Waals surface area (Å²) < 4.78 is 42.8. The number of ether oxygens (including phenoxy) is 1. The van der Waals surface area contributed by atoms with Crippen molar-refractivity contribution in [2.45, 2.75) is 13.1 Å². The molecule has 0 unspecified atom stereocenters. The molecule has 0 aliphatic heterocycles. The van der Waals surface area contributed by atoms with Crippen LogP contribution in [0.25, 0.3) is 5.65 Å². The topological polar surface area (TPSA) is 69.4 Å². The number of halogens is 3. The maximum atomic E-state index is 12.5. The summed E-state index contributed by atoms with van der Waals surface area (Å²) in [6.45, 7) is 1.64. The van der Waals surface area contributed by atoms with E-state index < -0.39 is 23.7 Å². The number of alkyl halides is 3. The Kier molecular flexibility index (Phi) is 2.89. The van der Waals surface area contributed by atoms with Crippen LogP contribution in [0.4, 0.5) is 13.2 Å². The fraction of sp³-hybridized carbons (Fsp3) is 0.333. The molecule has 0 aliphatic carbocycles. The van der Waals surface area contributed by atoms with E-state index >= 15 is 0 Å². The van der Waals surface area contributed by atoms with Gasteiger partial charge in [-0.25, -0.2) is 4.79 Å². The summed E-state index contributed by atoms with van der Waals surface area (Å²) in [7, 11) is 0. The molecule has 2 rings (SSSR count). The molecule has 2 aromatic rings. The first-order valence-corrected chi connectivity index (χ1v) is 4.90. The number of hydrogen-bond donors (Lipinski definition) is 0. The highest BCUT2D eigenvalue weighted by molar-refractivity contribution is 5.85. The van der Waals surface area contributed by atoms with E-state index in [4.69, 9.17) is 0 Å². The van der Waals surface area contributed by atoms with Gasteiger partial charge in [-0.3, -0.25) is 0 Å². The summed E-state index contributed by atoms with van der Waals surface area (Å²) >= 11 is 0. The third-order valence-electron chi connectivity index (χ3n) is 2.01. The zero-order valence-corrected chi connectivity index (χ0v) is 9.10. The van der Waals surface area contributed by atoms with Crippen LogP contribution < -0.4 is 0 Å². The van der Waals surface area contributed by atoms with E-state index in [1.165, 1.54) is 0 Å². The summed E-state index contributed by atoms with van der Waals surface area (Å²) in [5.41, 5.74) is -1.11. The molecule has 0 saturated carbocycles. The molecule has 96 valence electrons. The van der Waals surface area contributed by atoms with Gasteiger partial charge in [0.05, 0.1) is 6.61 Å². The maximum Gasteiger partial charge on any atom is 0.435 e. The molecule has 0 bridgehead atoms. The molecule has 0 N–H and O–H groups in total. The monoisotopic (exact) mass is 260 g/mol. The van der Waals surface area contributed by atoms with Crippen LogP contribution in [0.3, 0.4) is 0 Å². The van der Waals surface area contributed by atoms with Gasteiger partial charge in [0, 0.05) is 0 Å². The Balaban J connectivity index is 2.53. The van der Waals surface area contributed by atoms with Gasteiger partial charge in [0.15, 0.2) is 11.3 Å². The van der Waals surface area contributed by atoms with Gasteiger partial charge in [0.25, 0.3) is 5.82 Å².